The molecule has 2 aromatic rings. The molecule has 1 aromatic heterocycles. The highest BCUT2D eigenvalue weighted by Crippen LogP contribution is 2.19. The summed E-state index contributed by atoms with van der Waals surface area (Å²) in [7, 11) is 0. The van der Waals surface area contributed by atoms with Crippen molar-refractivity contribution < 1.29 is 9.18 Å². The van der Waals surface area contributed by atoms with Crippen LogP contribution in [-0.4, -0.2) is 39.9 Å². The molecule has 5 nitrogen and oxygen atoms in total. The summed E-state index contributed by atoms with van der Waals surface area (Å²) >= 11 is 6.11. The van der Waals surface area contributed by atoms with Crippen molar-refractivity contribution in [1.29, 1.82) is 0 Å². The Morgan fingerprint density at radius 3 is 2.70 bits per heavy atom. The van der Waals surface area contributed by atoms with Gasteiger partial charge in [-0.15, -0.1) is 0 Å². The Labute approximate surface area is 164 Å². The molecule has 1 fully saturated rings. The summed E-state index contributed by atoms with van der Waals surface area (Å²) in [5.74, 6) is 0.281. The van der Waals surface area contributed by atoms with E-state index in [1.165, 1.54) is 12.3 Å². The van der Waals surface area contributed by atoms with Gasteiger partial charge < -0.3 is 5.32 Å². The Bertz CT molecular complexity index is 806. The predicted octanol–water partition coefficient (Wildman–Crippen LogP) is 3.79. The molecule has 7 heteroatoms. The minimum atomic E-state index is -0.267. The lowest BCUT2D eigenvalue weighted by atomic mass is 10.0. The lowest BCUT2D eigenvalue weighted by molar-refractivity contribution is 0.0903. The van der Waals surface area contributed by atoms with Crippen molar-refractivity contribution in [2.24, 2.45) is 0 Å². The summed E-state index contributed by atoms with van der Waals surface area (Å²) in [5, 5.41) is 3.28. The number of piperidine rings is 1. The van der Waals surface area contributed by atoms with Gasteiger partial charge in [0.25, 0.3) is 5.91 Å². The molecule has 27 heavy (non-hydrogen) atoms. The molecule has 0 bridgehead atoms. The summed E-state index contributed by atoms with van der Waals surface area (Å²) in [5.41, 5.74) is 0.929. The Hall–Kier alpha value is -2.05. The highest BCUT2D eigenvalue weighted by atomic mass is 35.5. The van der Waals surface area contributed by atoms with E-state index in [1.807, 2.05) is 26.0 Å². The number of halogens is 2. The van der Waals surface area contributed by atoms with Gasteiger partial charge in [-0.2, -0.15) is 0 Å². The average molecular weight is 391 g/mol. The van der Waals surface area contributed by atoms with Crippen LogP contribution in [0.1, 0.15) is 54.5 Å². The fraction of sp³-hybridized carbons (Fsp3) is 0.450. The molecule has 0 spiro atoms. The first-order valence-electron chi connectivity index (χ1n) is 9.23. The summed E-state index contributed by atoms with van der Waals surface area (Å²) in [6, 6.07) is 6.90. The lowest BCUT2D eigenvalue weighted by Crippen LogP contribution is -2.44. The Kier molecular flexibility index (Phi) is 6.39. The average Bonchev–Trinajstić information content (AvgIpc) is 2.65. The number of rotatable bonds is 5. The van der Waals surface area contributed by atoms with Crippen molar-refractivity contribution in [3.05, 3.63) is 58.4 Å². The lowest BCUT2D eigenvalue weighted by Gasteiger charge is -2.32. The Morgan fingerprint density at radius 1 is 1.33 bits per heavy atom. The van der Waals surface area contributed by atoms with E-state index in [-0.39, 0.29) is 34.4 Å². The maximum absolute atomic E-state index is 13.8. The van der Waals surface area contributed by atoms with Crippen molar-refractivity contribution in [2.75, 3.05) is 13.1 Å². The van der Waals surface area contributed by atoms with Crippen LogP contribution in [0.25, 0.3) is 0 Å². The number of hydrogen-bond acceptors (Lipinski definition) is 4. The van der Waals surface area contributed by atoms with E-state index in [2.05, 4.69) is 20.2 Å². The smallest absolute Gasteiger partial charge is 0.271 e. The minimum Gasteiger partial charge on any atom is -0.348 e. The van der Waals surface area contributed by atoms with Crippen molar-refractivity contribution in [3.8, 4) is 0 Å². The van der Waals surface area contributed by atoms with Gasteiger partial charge >= 0.3 is 0 Å². The number of amides is 1. The topological polar surface area (TPSA) is 58.1 Å². The van der Waals surface area contributed by atoms with Gasteiger partial charge in [-0.1, -0.05) is 43.6 Å². The zero-order chi connectivity index (χ0) is 19.4. The molecule has 3 rings (SSSR count). The summed E-state index contributed by atoms with van der Waals surface area (Å²) in [6.45, 7) is 6.12. The van der Waals surface area contributed by atoms with Crippen LogP contribution < -0.4 is 5.32 Å². The summed E-state index contributed by atoms with van der Waals surface area (Å²) in [6.07, 6.45) is 3.09. The van der Waals surface area contributed by atoms with Gasteiger partial charge in [0.1, 0.15) is 17.3 Å². The molecule has 144 valence electrons. The monoisotopic (exact) mass is 390 g/mol. The molecule has 0 aliphatic carbocycles. The molecule has 1 saturated heterocycles. The second-order valence-electron chi connectivity index (χ2n) is 7.19. The van der Waals surface area contributed by atoms with E-state index in [4.69, 9.17) is 11.6 Å². The number of nitrogens with one attached hydrogen (secondary N) is 1. The van der Waals surface area contributed by atoms with E-state index in [0.717, 1.165) is 25.9 Å². The number of benzene rings is 1. The van der Waals surface area contributed by atoms with Gasteiger partial charge in [-0.3, -0.25) is 9.69 Å². The van der Waals surface area contributed by atoms with Crippen molar-refractivity contribution in [1.82, 2.24) is 20.2 Å². The largest absolute Gasteiger partial charge is 0.348 e. The standard InChI is InChI=1S/C20H24ClFN4O/c1-13(2)19-23-11-16(21)18(25-19)20(27)24-15-7-9-26(10-8-15)12-14-5-3-4-6-17(14)22/h3-6,11,13,15H,7-10,12H2,1-2H3,(H,24,27). The molecule has 1 N–H and O–H groups in total. The first kappa shape index (κ1) is 19.7. The van der Waals surface area contributed by atoms with Gasteiger partial charge in [0.2, 0.25) is 0 Å². The van der Waals surface area contributed by atoms with Crippen LogP contribution >= 0.6 is 11.6 Å². The van der Waals surface area contributed by atoms with Crippen LogP contribution in [-0.2, 0) is 6.54 Å². The maximum atomic E-state index is 13.8. The fourth-order valence-corrected chi connectivity index (χ4v) is 3.35. The fourth-order valence-electron chi connectivity index (χ4n) is 3.17. The Morgan fingerprint density at radius 2 is 2.04 bits per heavy atom. The third-order valence-corrected chi connectivity index (χ3v) is 5.05. The van der Waals surface area contributed by atoms with Crippen LogP contribution in [0, 0.1) is 5.82 Å². The highest BCUT2D eigenvalue weighted by molar-refractivity contribution is 6.33. The molecular formula is C20H24ClFN4O. The quantitative estimate of drug-likeness (QED) is 0.843. The Balaban J connectivity index is 1.55. The first-order valence-corrected chi connectivity index (χ1v) is 9.61. The molecular weight excluding hydrogens is 367 g/mol. The van der Waals surface area contributed by atoms with E-state index >= 15 is 0 Å². The van der Waals surface area contributed by atoms with Gasteiger partial charge in [0.05, 0.1) is 11.2 Å². The SMILES string of the molecule is CC(C)c1ncc(Cl)c(C(=O)NC2CCN(Cc3ccccc3F)CC2)n1. The number of nitrogens with zero attached hydrogens (tertiary/aromatic N) is 3. The van der Waals surface area contributed by atoms with Crippen LogP contribution in [0.4, 0.5) is 4.39 Å². The van der Waals surface area contributed by atoms with Gasteiger partial charge in [-0.05, 0) is 18.9 Å². The van der Waals surface area contributed by atoms with E-state index in [1.54, 1.807) is 6.07 Å². The minimum absolute atomic E-state index is 0.0582. The summed E-state index contributed by atoms with van der Waals surface area (Å²) < 4.78 is 13.8. The van der Waals surface area contributed by atoms with E-state index in [0.29, 0.717) is 17.9 Å². The molecule has 1 amide bonds. The molecule has 0 radical (unpaired) electrons. The maximum Gasteiger partial charge on any atom is 0.271 e. The molecule has 0 saturated carbocycles. The van der Waals surface area contributed by atoms with E-state index in [9.17, 15) is 9.18 Å². The third-order valence-electron chi connectivity index (χ3n) is 4.77. The van der Waals surface area contributed by atoms with Gasteiger partial charge in [-0.25, -0.2) is 14.4 Å². The zero-order valence-corrected chi connectivity index (χ0v) is 16.3. The first-order chi connectivity index (χ1) is 12.9. The van der Waals surface area contributed by atoms with Crippen LogP contribution in [0.2, 0.25) is 5.02 Å². The van der Waals surface area contributed by atoms with Crippen molar-refractivity contribution in [2.45, 2.75) is 45.2 Å². The van der Waals surface area contributed by atoms with Gasteiger partial charge in [0, 0.05) is 37.2 Å². The number of carbonyl (C=O) groups excluding carboxylic acids is 1. The van der Waals surface area contributed by atoms with Gasteiger partial charge in [0.15, 0.2) is 0 Å². The second-order valence-corrected chi connectivity index (χ2v) is 7.60. The van der Waals surface area contributed by atoms with E-state index < -0.39 is 0 Å². The zero-order valence-electron chi connectivity index (χ0n) is 15.6. The normalized spacial score (nSPS) is 15.9. The third kappa shape index (κ3) is 5.02. The second kappa shape index (κ2) is 8.76. The van der Waals surface area contributed by atoms with Crippen LogP contribution in [0.3, 0.4) is 0 Å². The van der Waals surface area contributed by atoms with Crippen LogP contribution in [0.15, 0.2) is 30.5 Å². The molecule has 1 aliphatic rings. The molecule has 1 aromatic carbocycles. The highest BCUT2D eigenvalue weighted by Gasteiger charge is 2.23. The number of hydrogen-bond donors (Lipinski definition) is 1. The number of aromatic nitrogens is 2. The van der Waals surface area contributed by atoms with Crippen molar-refractivity contribution >= 4 is 17.5 Å². The number of carbonyl (C=O) groups is 1. The molecule has 0 atom stereocenters. The molecule has 0 unspecified atom stereocenters. The van der Waals surface area contributed by atoms with Crippen LogP contribution in [0.5, 0.6) is 0 Å². The molecule has 1 aliphatic heterocycles. The predicted molar refractivity (Wildman–Crippen MR) is 103 cm³/mol. The van der Waals surface area contributed by atoms with Crippen molar-refractivity contribution in [3.63, 3.8) is 0 Å². The molecule has 2 heterocycles. The summed E-state index contributed by atoms with van der Waals surface area (Å²) in [4.78, 5) is 23.3. The number of likely N-dealkylation sites (tertiary alicyclic amines) is 1.